The van der Waals surface area contributed by atoms with E-state index in [-0.39, 0.29) is 46.4 Å². The van der Waals surface area contributed by atoms with Crippen molar-refractivity contribution in [3.8, 4) is 11.4 Å². The molecule has 36 heavy (non-hydrogen) atoms. The minimum atomic E-state index is -0.713. The van der Waals surface area contributed by atoms with Crippen molar-refractivity contribution in [3.05, 3.63) is 35.8 Å². The maximum atomic E-state index is 14.8. The third-order valence-electron chi connectivity index (χ3n) is 7.52. The molecule has 0 bridgehead atoms. The van der Waals surface area contributed by atoms with Gasteiger partial charge in [0.15, 0.2) is 23.3 Å². The van der Waals surface area contributed by atoms with Crippen LogP contribution in [-0.2, 0) is 0 Å². The summed E-state index contributed by atoms with van der Waals surface area (Å²) < 4.78 is 30.8. The molecule has 3 fully saturated rings. The van der Waals surface area contributed by atoms with Gasteiger partial charge in [-0.1, -0.05) is 0 Å². The summed E-state index contributed by atoms with van der Waals surface area (Å²) in [6.45, 7) is 5.56. The number of aromatic hydroxyl groups is 1. The van der Waals surface area contributed by atoms with Crippen LogP contribution in [0.25, 0.3) is 5.69 Å². The van der Waals surface area contributed by atoms with Crippen molar-refractivity contribution in [2.45, 2.75) is 75.9 Å². The average Bonchev–Trinajstić information content (AvgIpc) is 3.34. The Balaban J connectivity index is 1.24. The Morgan fingerprint density at radius 1 is 1.14 bits per heavy atom. The number of hydrogen-bond donors (Lipinski definition) is 3. The lowest BCUT2D eigenvalue weighted by molar-refractivity contribution is 0.0500. The number of halogens is 2. The van der Waals surface area contributed by atoms with Crippen LogP contribution in [0.15, 0.2) is 18.3 Å². The Morgan fingerprint density at radius 2 is 1.97 bits per heavy atom. The summed E-state index contributed by atoms with van der Waals surface area (Å²) in [5.74, 6) is -0.631. The maximum absolute atomic E-state index is 14.8. The summed E-state index contributed by atoms with van der Waals surface area (Å²) in [6.07, 6.45) is 7.10. The lowest BCUT2D eigenvalue weighted by Gasteiger charge is -2.47. The van der Waals surface area contributed by atoms with Crippen LogP contribution in [-0.4, -0.2) is 64.3 Å². The third-order valence-corrected chi connectivity index (χ3v) is 7.52. The highest BCUT2D eigenvalue weighted by Crippen LogP contribution is 2.41. The van der Waals surface area contributed by atoms with Crippen molar-refractivity contribution >= 4 is 17.5 Å². The lowest BCUT2D eigenvalue weighted by atomic mass is 9.84. The third kappa shape index (κ3) is 4.23. The van der Waals surface area contributed by atoms with Gasteiger partial charge in [0, 0.05) is 29.6 Å². The number of nitrogens with one attached hydrogen (secondary N) is 2. The second kappa shape index (κ2) is 8.61. The largest absolute Gasteiger partial charge is 0.506 e. The molecule has 2 aromatic heterocycles. The van der Waals surface area contributed by atoms with Crippen LogP contribution < -0.4 is 10.6 Å². The molecule has 10 nitrogen and oxygen atoms in total. The quantitative estimate of drug-likeness (QED) is 0.436. The van der Waals surface area contributed by atoms with Gasteiger partial charge in [0.05, 0.1) is 11.9 Å². The smallest absolute Gasteiger partial charge is 0.229 e. The topological polar surface area (TPSA) is 117 Å². The number of aromatic nitrogens is 6. The molecule has 1 saturated carbocycles. The minimum absolute atomic E-state index is 0.0120. The number of phenols is 1. The van der Waals surface area contributed by atoms with Crippen LogP contribution in [0.5, 0.6) is 5.75 Å². The van der Waals surface area contributed by atoms with E-state index in [0.717, 1.165) is 50.9 Å². The first-order chi connectivity index (χ1) is 17.3. The molecular weight excluding hydrogens is 468 g/mol. The van der Waals surface area contributed by atoms with E-state index >= 15 is 0 Å². The van der Waals surface area contributed by atoms with Gasteiger partial charge in [0.25, 0.3) is 0 Å². The molecule has 6 rings (SSSR count). The molecule has 3 aliphatic rings. The molecule has 12 heteroatoms. The predicted octanol–water partition coefficient (Wildman–Crippen LogP) is 3.87. The normalized spacial score (nSPS) is 23.4. The van der Waals surface area contributed by atoms with Crippen molar-refractivity contribution in [2.24, 2.45) is 0 Å². The van der Waals surface area contributed by atoms with Gasteiger partial charge >= 0.3 is 0 Å². The summed E-state index contributed by atoms with van der Waals surface area (Å²) in [4.78, 5) is 10.9. The van der Waals surface area contributed by atoms with Gasteiger partial charge in [-0.3, -0.25) is 4.90 Å². The number of hydrogen-bond acceptors (Lipinski definition) is 9. The number of phenolic OH excluding ortho intramolecular Hbond substituents is 1. The molecule has 190 valence electrons. The van der Waals surface area contributed by atoms with Crippen LogP contribution in [0.2, 0.25) is 0 Å². The standard InChI is InChI=1S/C24H29F2N9O/c1-24(2)11-14(8-15-4-3-7-34(15)24)28-21-17(26)12-27-23(30-21)29-18-10-19(20(36)9-16(18)25)35-22(13-5-6-13)31-32-33-35/h9-10,12-15,36H,3-8,11H2,1-2H3,(H2,27,28,29,30)/t14-,15+/m1/s1. The molecule has 2 atom stereocenters. The second-order valence-electron chi connectivity index (χ2n) is 10.6. The summed E-state index contributed by atoms with van der Waals surface area (Å²) in [6, 6.07) is 2.92. The SMILES string of the molecule is CC1(C)C[C@H](Nc2nc(Nc3cc(-n4nnnc4C4CC4)c(O)cc3F)ncc2F)C[C@@H]2CCCN21. The van der Waals surface area contributed by atoms with Gasteiger partial charge in [-0.25, -0.2) is 13.8 Å². The Bertz CT molecular complexity index is 1290. The van der Waals surface area contributed by atoms with E-state index in [4.69, 9.17) is 0 Å². The maximum Gasteiger partial charge on any atom is 0.229 e. The molecule has 3 aromatic rings. The molecule has 3 N–H and O–H groups in total. The van der Waals surface area contributed by atoms with E-state index in [1.807, 2.05) is 0 Å². The monoisotopic (exact) mass is 497 g/mol. The summed E-state index contributed by atoms with van der Waals surface area (Å²) in [7, 11) is 0. The van der Waals surface area contributed by atoms with E-state index in [2.05, 4.69) is 54.9 Å². The van der Waals surface area contributed by atoms with E-state index in [0.29, 0.717) is 11.9 Å². The highest BCUT2D eigenvalue weighted by Gasteiger charge is 2.43. The molecule has 4 heterocycles. The van der Waals surface area contributed by atoms with E-state index in [1.165, 1.54) is 17.2 Å². The van der Waals surface area contributed by atoms with Crippen LogP contribution in [0.1, 0.15) is 64.1 Å². The first kappa shape index (κ1) is 23.0. The summed E-state index contributed by atoms with van der Waals surface area (Å²) in [5.41, 5.74) is 0.262. The van der Waals surface area contributed by atoms with Crippen molar-refractivity contribution in [2.75, 3.05) is 17.2 Å². The number of tetrazole rings is 1. The highest BCUT2D eigenvalue weighted by molar-refractivity contribution is 5.63. The van der Waals surface area contributed by atoms with Gasteiger partial charge in [-0.05, 0) is 75.4 Å². The van der Waals surface area contributed by atoms with E-state index in [1.54, 1.807) is 0 Å². The molecule has 1 aliphatic carbocycles. The molecule has 1 aromatic carbocycles. The fourth-order valence-electron chi connectivity index (χ4n) is 5.74. The van der Waals surface area contributed by atoms with E-state index in [9.17, 15) is 13.9 Å². The minimum Gasteiger partial charge on any atom is -0.506 e. The number of benzene rings is 1. The zero-order chi connectivity index (χ0) is 25.0. The number of fused-ring (bicyclic) bond motifs is 1. The first-order valence-corrected chi connectivity index (χ1v) is 12.4. The Hall–Kier alpha value is -3.41. The Kier molecular flexibility index (Phi) is 5.51. The van der Waals surface area contributed by atoms with Gasteiger partial charge in [0.1, 0.15) is 11.4 Å². The fourth-order valence-corrected chi connectivity index (χ4v) is 5.74. The van der Waals surface area contributed by atoms with Crippen LogP contribution >= 0.6 is 0 Å². The number of nitrogens with zero attached hydrogens (tertiary/aromatic N) is 7. The molecule has 2 aliphatic heterocycles. The zero-order valence-electron chi connectivity index (χ0n) is 20.2. The van der Waals surface area contributed by atoms with Crippen molar-refractivity contribution in [1.82, 2.24) is 35.1 Å². The number of piperidine rings is 1. The molecular formula is C24H29F2N9O. The van der Waals surface area contributed by atoms with Crippen LogP contribution in [0, 0.1) is 11.6 Å². The van der Waals surface area contributed by atoms with Crippen LogP contribution in [0.3, 0.4) is 0 Å². The zero-order valence-corrected chi connectivity index (χ0v) is 20.2. The highest BCUT2D eigenvalue weighted by atomic mass is 19.1. The predicted molar refractivity (Wildman–Crippen MR) is 128 cm³/mol. The second-order valence-corrected chi connectivity index (χ2v) is 10.6. The van der Waals surface area contributed by atoms with Crippen molar-refractivity contribution in [3.63, 3.8) is 0 Å². The van der Waals surface area contributed by atoms with E-state index < -0.39 is 11.6 Å². The van der Waals surface area contributed by atoms with Gasteiger partial charge in [-0.2, -0.15) is 9.67 Å². The van der Waals surface area contributed by atoms with Crippen molar-refractivity contribution in [1.29, 1.82) is 0 Å². The molecule has 0 amide bonds. The Labute approximate surface area is 207 Å². The van der Waals surface area contributed by atoms with Gasteiger partial charge in [-0.15, -0.1) is 5.10 Å². The molecule has 0 spiro atoms. The average molecular weight is 498 g/mol. The Morgan fingerprint density at radius 3 is 2.78 bits per heavy atom. The first-order valence-electron chi connectivity index (χ1n) is 12.4. The molecule has 0 unspecified atom stereocenters. The van der Waals surface area contributed by atoms with Gasteiger partial charge in [0.2, 0.25) is 5.95 Å². The summed E-state index contributed by atoms with van der Waals surface area (Å²) in [5, 5.41) is 28.2. The van der Waals surface area contributed by atoms with Crippen molar-refractivity contribution < 1.29 is 13.9 Å². The van der Waals surface area contributed by atoms with Crippen LogP contribution in [0.4, 0.5) is 26.2 Å². The van der Waals surface area contributed by atoms with Gasteiger partial charge < -0.3 is 15.7 Å². The molecule has 2 saturated heterocycles. The fraction of sp³-hybridized carbons (Fsp3) is 0.542. The summed E-state index contributed by atoms with van der Waals surface area (Å²) >= 11 is 0. The number of anilines is 3. The lowest BCUT2D eigenvalue weighted by Crippen LogP contribution is -2.55. The number of rotatable bonds is 6. The molecule has 0 radical (unpaired) electrons.